The minimum Gasteiger partial charge on any atom is -0.496 e. The number of nitrogens with zero attached hydrogens (tertiary/aromatic N) is 1. The molecule has 194 valence electrons. The van der Waals surface area contributed by atoms with E-state index < -0.39 is 35.6 Å². The van der Waals surface area contributed by atoms with Crippen LogP contribution in [0, 0.1) is 18.8 Å². The second kappa shape index (κ2) is 11.1. The van der Waals surface area contributed by atoms with Crippen LogP contribution in [0.5, 0.6) is 5.75 Å². The Morgan fingerprint density at radius 3 is 2.27 bits per heavy atom. The molecular weight excluding hydrogens is 470 g/mol. The summed E-state index contributed by atoms with van der Waals surface area (Å²) in [6.45, 7) is 7.57. The molecule has 1 fully saturated rings. The molecule has 7 heteroatoms. The number of aliphatic imine (C=N–C) groups is 1. The third-order valence-electron chi connectivity index (χ3n) is 7.16. The van der Waals surface area contributed by atoms with E-state index in [1.165, 1.54) is 0 Å². The van der Waals surface area contributed by atoms with Crippen molar-refractivity contribution in [1.29, 1.82) is 0 Å². The number of ketones is 1. The third kappa shape index (κ3) is 4.95. The second-order valence-corrected chi connectivity index (χ2v) is 9.37. The van der Waals surface area contributed by atoms with Gasteiger partial charge in [-0.3, -0.25) is 14.6 Å². The van der Waals surface area contributed by atoms with Gasteiger partial charge in [-0.1, -0.05) is 48.0 Å². The van der Waals surface area contributed by atoms with Crippen molar-refractivity contribution in [3.8, 4) is 5.75 Å². The molecule has 2 aromatic carbocycles. The number of carbonyl (C=O) groups excluding carboxylic acids is 3. The van der Waals surface area contributed by atoms with Crippen LogP contribution in [0.2, 0.25) is 0 Å². The molecule has 0 spiro atoms. The largest absolute Gasteiger partial charge is 0.496 e. The van der Waals surface area contributed by atoms with Crippen LogP contribution in [0.3, 0.4) is 0 Å². The summed E-state index contributed by atoms with van der Waals surface area (Å²) in [6.07, 6.45) is 0.357. The summed E-state index contributed by atoms with van der Waals surface area (Å²) in [7, 11) is 1.57. The number of esters is 2. The normalized spacial score (nSPS) is 23.2. The highest BCUT2D eigenvalue weighted by Gasteiger charge is 2.53. The number of rotatable bonds is 7. The first-order valence-electron chi connectivity index (χ1n) is 12.7. The molecule has 2 aromatic rings. The van der Waals surface area contributed by atoms with Crippen molar-refractivity contribution in [3.63, 3.8) is 0 Å². The van der Waals surface area contributed by atoms with E-state index in [1.54, 1.807) is 27.9 Å². The van der Waals surface area contributed by atoms with Gasteiger partial charge in [0, 0.05) is 23.2 Å². The molecular formula is C30H33NO6. The minimum absolute atomic E-state index is 0.154. The van der Waals surface area contributed by atoms with Gasteiger partial charge >= 0.3 is 11.9 Å². The predicted molar refractivity (Wildman–Crippen MR) is 140 cm³/mol. The smallest absolute Gasteiger partial charge is 0.336 e. The molecule has 37 heavy (non-hydrogen) atoms. The lowest BCUT2D eigenvalue weighted by molar-refractivity contribution is -0.153. The third-order valence-corrected chi connectivity index (χ3v) is 7.16. The minimum atomic E-state index is -1.06. The molecule has 0 saturated heterocycles. The predicted octanol–water partition coefficient (Wildman–Crippen LogP) is 4.93. The van der Waals surface area contributed by atoms with Crippen molar-refractivity contribution in [2.45, 2.75) is 46.0 Å². The molecule has 4 atom stereocenters. The number of ether oxygens (including phenoxy) is 3. The summed E-state index contributed by atoms with van der Waals surface area (Å²) in [4.78, 5) is 45.6. The van der Waals surface area contributed by atoms with E-state index in [-0.39, 0.29) is 19.0 Å². The van der Waals surface area contributed by atoms with Gasteiger partial charge in [-0.05, 0) is 51.3 Å². The number of Topliss-reactive ketones (excluding diaryl/α,β-unsaturated/α-hetero) is 1. The Kier molecular flexibility index (Phi) is 7.91. The fourth-order valence-corrected chi connectivity index (χ4v) is 5.56. The van der Waals surface area contributed by atoms with E-state index in [0.29, 0.717) is 29.2 Å². The lowest BCUT2D eigenvalue weighted by atomic mass is 9.62. The maximum atomic E-state index is 14.3. The van der Waals surface area contributed by atoms with Crippen molar-refractivity contribution in [2.24, 2.45) is 16.8 Å². The summed E-state index contributed by atoms with van der Waals surface area (Å²) in [5.41, 5.74) is 4.14. The molecule has 1 heterocycles. The molecule has 1 unspecified atom stereocenters. The zero-order valence-electron chi connectivity index (χ0n) is 21.9. The summed E-state index contributed by atoms with van der Waals surface area (Å²) in [5, 5.41) is 0. The zero-order valence-corrected chi connectivity index (χ0v) is 21.9. The average molecular weight is 504 g/mol. The van der Waals surface area contributed by atoms with Crippen LogP contribution >= 0.6 is 0 Å². The Bertz CT molecular complexity index is 1260. The van der Waals surface area contributed by atoms with E-state index in [1.807, 2.05) is 55.5 Å². The van der Waals surface area contributed by atoms with Crippen molar-refractivity contribution >= 4 is 23.4 Å². The first kappa shape index (κ1) is 26.3. The molecule has 1 saturated carbocycles. The molecule has 7 nitrogen and oxygen atoms in total. The van der Waals surface area contributed by atoms with Crippen molar-refractivity contribution in [3.05, 3.63) is 76.5 Å². The number of benzene rings is 2. The summed E-state index contributed by atoms with van der Waals surface area (Å²) < 4.78 is 16.4. The lowest BCUT2D eigenvalue weighted by Crippen LogP contribution is -2.48. The van der Waals surface area contributed by atoms with Crippen molar-refractivity contribution in [2.75, 3.05) is 20.3 Å². The maximum absolute atomic E-state index is 14.3. The summed E-state index contributed by atoms with van der Waals surface area (Å²) in [6, 6.07) is 15.1. The number of para-hydroxylation sites is 1. The topological polar surface area (TPSA) is 91.3 Å². The Hall–Kier alpha value is -3.74. The lowest BCUT2D eigenvalue weighted by Gasteiger charge is -2.41. The summed E-state index contributed by atoms with van der Waals surface area (Å²) >= 11 is 0. The Labute approximate surface area is 217 Å². The van der Waals surface area contributed by atoms with E-state index in [9.17, 15) is 14.4 Å². The number of hydrogen-bond donors (Lipinski definition) is 0. The number of aryl methyl sites for hydroxylation is 1. The number of hydrogen-bond acceptors (Lipinski definition) is 7. The van der Waals surface area contributed by atoms with Crippen LogP contribution in [0.1, 0.15) is 55.7 Å². The van der Waals surface area contributed by atoms with Crippen LogP contribution in [0.25, 0.3) is 0 Å². The van der Waals surface area contributed by atoms with Crippen molar-refractivity contribution < 1.29 is 28.6 Å². The SMILES string of the molecule is CCOC(=O)C1=C(C)N=C2C[C@H](c3ccccc3OC)[C@@H](C(=O)OCC)C(=O)C2[C@@H]1c1ccc(C)cc1. The zero-order chi connectivity index (χ0) is 26.7. The van der Waals surface area contributed by atoms with Gasteiger partial charge in [-0.15, -0.1) is 0 Å². The van der Waals surface area contributed by atoms with Crippen LogP contribution in [0.4, 0.5) is 0 Å². The van der Waals surface area contributed by atoms with E-state index in [0.717, 1.165) is 16.7 Å². The molecule has 0 N–H and O–H groups in total. The van der Waals surface area contributed by atoms with Gasteiger partial charge in [-0.25, -0.2) is 4.79 Å². The van der Waals surface area contributed by atoms with Crippen LogP contribution in [-0.4, -0.2) is 43.8 Å². The van der Waals surface area contributed by atoms with Crippen LogP contribution in [-0.2, 0) is 23.9 Å². The highest BCUT2D eigenvalue weighted by atomic mass is 16.5. The first-order valence-corrected chi connectivity index (χ1v) is 12.7. The number of fused-ring (bicyclic) bond motifs is 1. The molecule has 1 aliphatic heterocycles. The highest BCUT2D eigenvalue weighted by Crippen LogP contribution is 2.49. The second-order valence-electron chi connectivity index (χ2n) is 9.37. The molecule has 0 radical (unpaired) electrons. The fraction of sp³-hybridized carbons (Fsp3) is 0.400. The quantitative estimate of drug-likeness (QED) is 0.393. The van der Waals surface area contributed by atoms with Gasteiger partial charge in [-0.2, -0.15) is 0 Å². The Balaban J connectivity index is 1.91. The van der Waals surface area contributed by atoms with Crippen molar-refractivity contribution in [1.82, 2.24) is 0 Å². The highest BCUT2D eigenvalue weighted by molar-refractivity contribution is 6.18. The molecule has 0 bridgehead atoms. The molecule has 2 aliphatic rings. The van der Waals surface area contributed by atoms with Gasteiger partial charge in [0.25, 0.3) is 0 Å². The number of methoxy groups -OCH3 is 1. The van der Waals surface area contributed by atoms with E-state index >= 15 is 0 Å². The van der Waals surface area contributed by atoms with Gasteiger partial charge in [0.05, 0.1) is 31.8 Å². The van der Waals surface area contributed by atoms with Gasteiger partial charge in [0.1, 0.15) is 11.7 Å². The first-order chi connectivity index (χ1) is 17.8. The number of carbonyl (C=O) groups is 3. The monoisotopic (exact) mass is 503 g/mol. The van der Waals surface area contributed by atoms with Crippen LogP contribution < -0.4 is 4.74 Å². The van der Waals surface area contributed by atoms with Gasteiger partial charge in [0.2, 0.25) is 0 Å². The van der Waals surface area contributed by atoms with Crippen LogP contribution in [0.15, 0.2) is 64.8 Å². The maximum Gasteiger partial charge on any atom is 0.336 e. The molecule has 0 aromatic heterocycles. The van der Waals surface area contributed by atoms with E-state index in [4.69, 9.17) is 19.2 Å². The van der Waals surface area contributed by atoms with Gasteiger partial charge in [0.15, 0.2) is 5.78 Å². The average Bonchev–Trinajstić information content (AvgIpc) is 2.88. The summed E-state index contributed by atoms with van der Waals surface area (Å²) in [5.74, 6) is -3.75. The Morgan fingerprint density at radius 2 is 1.62 bits per heavy atom. The Morgan fingerprint density at radius 1 is 0.946 bits per heavy atom. The standard InChI is InChI=1S/C30H33NO6/c1-6-36-29(33)24-18(4)31-22-16-21(20-10-8-9-11-23(20)35-5)26(30(34)37-7-2)28(32)27(22)25(24)19-14-12-17(3)13-15-19/h8-15,21,25-27H,6-7,16H2,1-5H3/t21-,25-,26-,27?/m1/s1. The van der Waals surface area contributed by atoms with Gasteiger partial charge < -0.3 is 14.2 Å². The fourth-order valence-electron chi connectivity index (χ4n) is 5.56. The number of allylic oxidation sites excluding steroid dienone is 1. The molecule has 1 aliphatic carbocycles. The molecule has 4 rings (SSSR count). The molecule has 0 amide bonds. The van der Waals surface area contributed by atoms with E-state index in [2.05, 4.69) is 0 Å².